The average Bonchev–Trinajstić information content (AvgIpc) is 3.44. The number of nitro groups is 2. The third kappa shape index (κ3) is 3.54. The molecule has 2 heterocycles. The van der Waals surface area contributed by atoms with Crippen LogP contribution >= 0.6 is 15.9 Å². The minimum Gasteiger partial charge on any atom is -0.274 e. The predicted octanol–water partition coefficient (Wildman–Crippen LogP) is 4.31. The van der Waals surface area contributed by atoms with Gasteiger partial charge in [0.1, 0.15) is 0 Å². The molecule has 2 aliphatic heterocycles. The topological polar surface area (TPSA) is 161 Å². The highest BCUT2D eigenvalue weighted by Crippen LogP contribution is 2.65. The van der Waals surface area contributed by atoms with Crippen LogP contribution in [0.5, 0.6) is 0 Å². The molecule has 3 aromatic rings. The normalized spacial score (nSPS) is 28.8. The number of carbonyl (C=O) groups is 4. The van der Waals surface area contributed by atoms with Crippen molar-refractivity contribution in [1.82, 2.24) is 0 Å². The van der Waals surface area contributed by atoms with E-state index in [1.807, 2.05) is 0 Å². The highest BCUT2D eigenvalue weighted by atomic mass is 79.9. The van der Waals surface area contributed by atoms with Crippen LogP contribution in [0.15, 0.2) is 89.4 Å². The molecule has 4 unspecified atom stereocenters. The van der Waals surface area contributed by atoms with Gasteiger partial charge in [-0.1, -0.05) is 40.2 Å². The van der Waals surface area contributed by atoms with Gasteiger partial charge in [0.2, 0.25) is 23.6 Å². The molecule has 8 rings (SSSR count). The molecule has 0 aromatic heterocycles. The molecule has 0 radical (unpaired) electrons. The lowest BCUT2D eigenvalue weighted by atomic mass is 9.45. The fraction of sp³-hybridized carbons (Fsp3) is 0.200. The SMILES string of the molecule is O=C1C2C3C=CC(c4ccc(Br)cc4)(C2C(=O)N1c1ccc([N+](=O)[O-])cc1)C1C(=O)N(c2ccc([N+](=O)[O-])cc2)C(=O)C31. The summed E-state index contributed by atoms with van der Waals surface area (Å²) in [5, 5.41) is 22.4. The average molecular weight is 643 g/mol. The van der Waals surface area contributed by atoms with Gasteiger partial charge in [0.25, 0.3) is 11.4 Å². The molecular formula is C30H19BrN4O8. The monoisotopic (exact) mass is 642 g/mol. The lowest BCUT2D eigenvalue weighted by Crippen LogP contribution is -2.60. The van der Waals surface area contributed by atoms with E-state index < -0.39 is 68.5 Å². The second-order valence-electron chi connectivity index (χ2n) is 11.0. The van der Waals surface area contributed by atoms with Gasteiger partial charge in [0.05, 0.1) is 44.9 Å². The Morgan fingerprint density at radius 1 is 0.628 bits per heavy atom. The van der Waals surface area contributed by atoms with Gasteiger partial charge in [-0.05, 0) is 42.0 Å². The zero-order valence-corrected chi connectivity index (χ0v) is 23.5. The number of amides is 4. The smallest absolute Gasteiger partial charge is 0.269 e. The van der Waals surface area contributed by atoms with Crippen LogP contribution in [0.1, 0.15) is 5.56 Å². The molecule has 3 aliphatic carbocycles. The lowest BCUT2D eigenvalue weighted by molar-refractivity contribution is -0.385. The van der Waals surface area contributed by atoms with E-state index in [4.69, 9.17) is 0 Å². The lowest BCUT2D eigenvalue weighted by Gasteiger charge is -2.53. The number of non-ortho nitro benzene ring substituents is 2. The van der Waals surface area contributed by atoms with Crippen molar-refractivity contribution in [2.75, 3.05) is 9.80 Å². The van der Waals surface area contributed by atoms with E-state index in [0.29, 0.717) is 5.56 Å². The summed E-state index contributed by atoms with van der Waals surface area (Å²) in [5.74, 6) is -6.98. The highest BCUT2D eigenvalue weighted by molar-refractivity contribution is 9.10. The summed E-state index contributed by atoms with van der Waals surface area (Å²) in [6.07, 6.45) is 3.53. The van der Waals surface area contributed by atoms with Gasteiger partial charge < -0.3 is 0 Å². The van der Waals surface area contributed by atoms with Crippen molar-refractivity contribution in [1.29, 1.82) is 0 Å². The van der Waals surface area contributed by atoms with Gasteiger partial charge in [-0.15, -0.1) is 0 Å². The van der Waals surface area contributed by atoms with E-state index in [-0.39, 0.29) is 22.7 Å². The molecule has 3 aromatic carbocycles. The maximum Gasteiger partial charge on any atom is 0.269 e. The Morgan fingerprint density at radius 3 is 1.44 bits per heavy atom. The summed E-state index contributed by atoms with van der Waals surface area (Å²) < 4.78 is 0.747. The first-order valence-corrected chi connectivity index (χ1v) is 14.1. The number of nitrogens with zero attached hydrogens (tertiary/aromatic N) is 4. The molecule has 2 saturated heterocycles. The van der Waals surface area contributed by atoms with E-state index in [1.54, 1.807) is 36.4 Å². The molecule has 12 nitrogen and oxygen atoms in total. The zero-order chi connectivity index (χ0) is 30.4. The van der Waals surface area contributed by atoms with E-state index >= 15 is 0 Å². The molecule has 4 atom stereocenters. The largest absolute Gasteiger partial charge is 0.274 e. The molecule has 1 saturated carbocycles. The number of hydrogen-bond acceptors (Lipinski definition) is 8. The summed E-state index contributed by atoms with van der Waals surface area (Å²) in [6, 6.07) is 17.2. The van der Waals surface area contributed by atoms with Crippen LogP contribution in [0.25, 0.3) is 0 Å². The van der Waals surface area contributed by atoms with Crippen molar-refractivity contribution in [2.24, 2.45) is 29.6 Å². The van der Waals surface area contributed by atoms with E-state index in [0.717, 1.165) is 14.3 Å². The molecule has 3 fully saturated rings. The highest BCUT2D eigenvalue weighted by Gasteiger charge is 2.75. The van der Waals surface area contributed by atoms with Gasteiger partial charge in [0.15, 0.2) is 0 Å². The third-order valence-corrected chi connectivity index (χ3v) is 9.67. The third-order valence-electron chi connectivity index (χ3n) is 9.14. The van der Waals surface area contributed by atoms with Gasteiger partial charge in [-0.3, -0.25) is 39.4 Å². The molecule has 4 amide bonds. The van der Waals surface area contributed by atoms with Crippen LogP contribution in [0, 0.1) is 49.8 Å². The Bertz CT molecular complexity index is 1700. The number of allylic oxidation sites excluding steroid dienone is 2. The summed E-state index contributed by atoms with van der Waals surface area (Å²) in [6.45, 7) is 0. The molecule has 0 spiro atoms. The molecular weight excluding hydrogens is 624 g/mol. The minimum atomic E-state index is -1.37. The fourth-order valence-electron chi connectivity index (χ4n) is 7.45. The fourth-order valence-corrected chi connectivity index (χ4v) is 7.71. The molecule has 214 valence electrons. The van der Waals surface area contributed by atoms with Gasteiger partial charge in [-0.2, -0.15) is 0 Å². The van der Waals surface area contributed by atoms with Crippen molar-refractivity contribution in [3.05, 3.63) is 115 Å². The van der Waals surface area contributed by atoms with Crippen LogP contribution in [-0.2, 0) is 24.6 Å². The second kappa shape index (κ2) is 9.23. The number of benzene rings is 3. The quantitative estimate of drug-likeness (QED) is 0.172. The predicted molar refractivity (Wildman–Crippen MR) is 154 cm³/mol. The Morgan fingerprint density at radius 2 is 1.05 bits per heavy atom. The van der Waals surface area contributed by atoms with Gasteiger partial charge in [-0.25, -0.2) is 9.80 Å². The molecule has 2 bridgehead atoms. The van der Waals surface area contributed by atoms with E-state index in [9.17, 15) is 39.4 Å². The first-order chi connectivity index (χ1) is 20.6. The number of halogens is 1. The first-order valence-electron chi connectivity index (χ1n) is 13.3. The van der Waals surface area contributed by atoms with Crippen LogP contribution in [0.2, 0.25) is 0 Å². The maximum atomic E-state index is 14.3. The number of hydrogen-bond donors (Lipinski definition) is 0. The van der Waals surface area contributed by atoms with Crippen LogP contribution in [0.4, 0.5) is 22.7 Å². The Kier molecular flexibility index (Phi) is 5.76. The van der Waals surface area contributed by atoms with Crippen molar-refractivity contribution in [3.8, 4) is 0 Å². The standard InChI is InChI=1S/C30H19BrN4O8/c31-16-3-1-15(2-4-16)30-14-13-21(22-24(30)28(38)32(26(22)36)17-5-9-19(10-6-17)34(40)41)23-25(30)29(39)33(27(23)37)18-7-11-20(12-8-18)35(42)43/h1-14,21-25H. The van der Waals surface area contributed by atoms with Crippen LogP contribution < -0.4 is 9.80 Å². The van der Waals surface area contributed by atoms with Gasteiger partial charge >= 0.3 is 0 Å². The first kappa shape index (κ1) is 26.8. The van der Waals surface area contributed by atoms with E-state index in [1.165, 1.54) is 48.5 Å². The molecule has 5 aliphatic rings. The van der Waals surface area contributed by atoms with E-state index in [2.05, 4.69) is 15.9 Å². The Balaban J connectivity index is 1.38. The molecule has 13 heteroatoms. The van der Waals surface area contributed by atoms with Crippen molar-refractivity contribution < 1.29 is 29.0 Å². The minimum absolute atomic E-state index is 0.163. The Hall–Kier alpha value is -5.04. The van der Waals surface area contributed by atoms with Crippen LogP contribution in [-0.4, -0.2) is 33.5 Å². The Labute approximate surface area is 251 Å². The van der Waals surface area contributed by atoms with Crippen molar-refractivity contribution in [3.63, 3.8) is 0 Å². The second-order valence-corrected chi connectivity index (χ2v) is 11.9. The maximum absolute atomic E-state index is 14.3. The number of rotatable bonds is 5. The number of nitro benzene ring substituents is 2. The summed E-state index contributed by atoms with van der Waals surface area (Å²) >= 11 is 3.41. The number of anilines is 2. The summed E-state index contributed by atoms with van der Waals surface area (Å²) in [5.41, 5.74) is -0.870. The molecule has 0 N–H and O–H groups in total. The summed E-state index contributed by atoms with van der Waals surface area (Å²) in [7, 11) is 0. The van der Waals surface area contributed by atoms with Crippen LogP contribution in [0.3, 0.4) is 0 Å². The van der Waals surface area contributed by atoms with Crippen molar-refractivity contribution >= 4 is 62.3 Å². The van der Waals surface area contributed by atoms with Gasteiger partial charge in [0, 0.05) is 40.1 Å². The van der Waals surface area contributed by atoms with Crippen molar-refractivity contribution in [2.45, 2.75) is 5.41 Å². The number of carbonyl (C=O) groups excluding carboxylic acids is 4. The summed E-state index contributed by atoms with van der Waals surface area (Å²) in [4.78, 5) is 79.9. The number of imide groups is 2. The molecule has 43 heavy (non-hydrogen) atoms. The zero-order valence-electron chi connectivity index (χ0n) is 21.9.